The average Bonchev–Trinajstić information content (AvgIpc) is 3.12. The van der Waals surface area contributed by atoms with Crippen molar-refractivity contribution in [1.29, 1.82) is 0 Å². The Morgan fingerprint density at radius 1 is 1.16 bits per heavy atom. The fourth-order valence-corrected chi connectivity index (χ4v) is 4.84. The molecule has 2 atom stereocenters. The van der Waals surface area contributed by atoms with Crippen molar-refractivity contribution in [2.45, 2.75) is 52.1 Å². The molecule has 3 aromatic rings. The lowest BCUT2D eigenvalue weighted by Gasteiger charge is -2.19. The molecule has 6 nitrogen and oxygen atoms in total. The van der Waals surface area contributed by atoms with Crippen molar-refractivity contribution in [1.82, 2.24) is 4.57 Å². The number of hydrogen-bond acceptors (Lipinski definition) is 4. The normalized spacial score (nSPS) is 16.4. The molecule has 1 aromatic heterocycles. The third-order valence-corrected chi connectivity index (χ3v) is 6.60. The summed E-state index contributed by atoms with van der Waals surface area (Å²) in [5.74, 6) is -0.394. The van der Waals surface area contributed by atoms with Crippen molar-refractivity contribution >= 4 is 16.9 Å². The Hall–Kier alpha value is -3.88. The molecule has 0 saturated carbocycles. The molecule has 0 radical (unpaired) electrons. The third-order valence-electron chi connectivity index (χ3n) is 6.60. The molecule has 1 aliphatic carbocycles. The highest BCUT2D eigenvalue weighted by atomic mass is 19.4. The summed E-state index contributed by atoms with van der Waals surface area (Å²) in [6.45, 7) is 5.82. The Kier molecular flexibility index (Phi) is 7.76. The Morgan fingerprint density at radius 3 is 2.53 bits per heavy atom. The predicted molar refractivity (Wildman–Crippen MR) is 137 cm³/mol. The maximum Gasteiger partial charge on any atom is 0.573 e. The second kappa shape index (κ2) is 10.8. The van der Waals surface area contributed by atoms with E-state index >= 15 is 0 Å². The fourth-order valence-electron chi connectivity index (χ4n) is 4.84. The second-order valence-corrected chi connectivity index (χ2v) is 9.59. The van der Waals surface area contributed by atoms with Gasteiger partial charge in [0.1, 0.15) is 17.3 Å². The van der Waals surface area contributed by atoms with Crippen LogP contribution in [-0.4, -0.2) is 35.2 Å². The zero-order valence-electron chi connectivity index (χ0n) is 21.6. The van der Waals surface area contributed by atoms with E-state index in [1.807, 2.05) is 35.8 Å². The van der Waals surface area contributed by atoms with Gasteiger partial charge in [-0.15, -0.1) is 13.2 Å². The number of methoxy groups -OCH3 is 1. The minimum Gasteiger partial charge on any atom is -0.497 e. The van der Waals surface area contributed by atoms with E-state index in [4.69, 9.17) is 9.47 Å². The quantitative estimate of drug-likeness (QED) is 0.325. The molecule has 38 heavy (non-hydrogen) atoms. The van der Waals surface area contributed by atoms with Crippen molar-refractivity contribution in [3.05, 3.63) is 83.3 Å². The van der Waals surface area contributed by atoms with Crippen LogP contribution in [0.1, 0.15) is 43.0 Å². The summed E-state index contributed by atoms with van der Waals surface area (Å²) < 4.78 is 56.2. The van der Waals surface area contributed by atoms with Crippen LogP contribution in [0.5, 0.6) is 11.5 Å². The molecule has 0 aliphatic heterocycles. The number of nitrogens with zero attached hydrogens (tertiary/aromatic N) is 1. The van der Waals surface area contributed by atoms with Crippen LogP contribution in [0.25, 0.3) is 10.9 Å². The van der Waals surface area contributed by atoms with Crippen LogP contribution in [0.15, 0.2) is 66.5 Å². The van der Waals surface area contributed by atoms with E-state index in [1.165, 1.54) is 12.1 Å². The molecule has 1 N–H and O–H groups in total. The minimum absolute atomic E-state index is 0.0177. The van der Waals surface area contributed by atoms with E-state index in [9.17, 15) is 23.1 Å². The summed E-state index contributed by atoms with van der Waals surface area (Å²) >= 11 is 0. The summed E-state index contributed by atoms with van der Waals surface area (Å²) in [5, 5.41) is 10.3. The zero-order chi connectivity index (χ0) is 27.6. The minimum atomic E-state index is -4.81. The van der Waals surface area contributed by atoms with Crippen LogP contribution in [0.4, 0.5) is 13.2 Å². The molecular weight excluding hydrogens is 499 g/mol. The van der Waals surface area contributed by atoms with Crippen LogP contribution in [0.2, 0.25) is 0 Å². The number of aliphatic carboxylic acids is 1. The first-order valence-electron chi connectivity index (χ1n) is 12.3. The monoisotopic (exact) mass is 529 g/mol. The highest BCUT2D eigenvalue weighted by molar-refractivity contribution is 5.88. The maximum absolute atomic E-state index is 13.0. The number of alkyl halides is 3. The smallest absolute Gasteiger partial charge is 0.497 e. The van der Waals surface area contributed by atoms with Gasteiger partial charge in [-0.3, -0.25) is 0 Å². The average molecular weight is 530 g/mol. The van der Waals surface area contributed by atoms with E-state index in [0.29, 0.717) is 24.2 Å². The number of halogens is 3. The van der Waals surface area contributed by atoms with E-state index in [-0.39, 0.29) is 17.6 Å². The molecule has 4 rings (SSSR count). The largest absolute Gasteiger partial charge is 0.573 e. The van der Waals surface area contributed by atoms with Gasteiger partial charge in [0.2, 0.25) is 0 Å². The molecule has 0 amide bonds. The highest BCUT2D eigenvalue weighted by Crippen LogP contribution is 2.39. The summed E-state index contributed by atoms with van der Waals surface area (Å²) in [6, 6.07) is 11.5. The van der Waals surface area contributed by atoms with Crippen LogP contribution in [0.3, 0.4) is 0 Å². The molecule has 0 bridgehead atoms. The first-order valence-corrected chi connectivity index (χ1v) is 12.3. The number of fused-ring (bicyclic) bond motifs is 1. The molecule has 0 fully saturated rings. The molecule has 2 unspecified atom stereocenters. The number of benzene rings is 2. The number of allylic oxidation sites excluding steroid dienone is 3. The van der Waals surface area contributed by atoms with E-state index in [0.717, 1.165) is 28.0 Å². The lowest BCUT2D eigenvalue weighted by atomic mass is 9.90. The first-order chi connectivity index (χ1) is 18.0. The highest BCUT2D eigenvalue weighted by Gasteiger charge is 2.32. The van der Waals surface area contributed by atoms with E-state index in [1.54, 1.807) is 45.2 Å². The number of ether oxygens (including phenoxy) is 3. The molecule has 0 saturated heterocycles. The van der Waals surface area contributed by atoms with E-state index < -0.39 is 18.4 Å². The van der Waals surface area contributed by atoms with Gasteiger partial charge < -0.3 is 23.9 Å². The van der Waals surface area contributed by atoms with Crippen molar-refractivity contribution < 1.29 is 37.3 Å². The topological polar surface area (TPSA) is 69.9 Å². The number of rotatable bonds is 9. The van der Waals surface area contributed by atoms with Gasteiger partial charge in [0.05, 0.1) is 12.6 Å². The molecule has 1 aliphatic rings. The van der Waals surface area contributed by atoms with Crippen molar-refractivity contribution in [2.24, 2.45) is 5.92 Å². The number of hydrogen-bond donors (Lipinski definition) is 1. The summed E-state index contributed by atoms with van der Waals surface area (Å²) in [7, 11) is 1.60. The first kappa shape index (κ1) is 27.2. The molecule has 2 aromatic carbocycles. The standard InChI is InChI=1S/C29H30F3NO5/c1-17(2)27(28(34)35)37-22-7-5-6-19(14-22)16-33-18(3)26(20-8-10-21(36-4)11-9-20)24-13-12-23(15-25(24)33)38-29(30,31)32/h5-8,10-15,17,20,27H,9,16H2,1-4H3,(H,34,35). The predicted octanol–water partition coefficient (Wildman–Crippen LogP) is 6.96. The summed E-state index contributed by atoms with van der Waals surface area (Å²) in [4.78, 5) is 11.6. The van der Waals surface area contributed by atoms with Gasteiger partial charge in [0, 0.05) is 35.5 Å². The Balaban J connectivity index is 1.75. The Bertz CT molecular complexity index is 1390. The van der Waals surface area contributed by atoms with Gasteiger partial charge in [0.15, 0.2) is 6.10 Å². The number of aromatic nitrogens is 1. The van der Waals surface area contributed by atoms with E-state index in [2.05, 4.69) is 4.74 Å². The van der Waals surface area contributed by atoms with Crippen LogP contribution in [0, 0.1) is 12.8 Å². The lowest BCUT2D eigenvalue weighted by Crippen LogP contribution is -2.32. The molecular formula is C29H30F3NO5. The van der Waals surface area contributed by atoms with Gasteiger partial charge in [-0.25, -0.2) is 4.79 Å². The number of carbonyl (C=O) groups is 1. The molecule has 9 heteroatoms. The van der Waals surface area contributed by atoms with Crippen molar-refractivity contribution in [3.63, 3.8) is 0 Å². The molecule has 1 heterocycles. The zero-order valence-corrected chi connectivity index (χ0v) is 21.6. The van der Waals surface area contributed by atoms with Gasteiger partial charge in [0.25, 0.3) is 0 Å². The SMILES string of the molecule is COC1=CCC(c2c(C)n(Cc3cccc(OC(C(=O)O)C(C)C)c3)c3cc(OC(F)(F)F)ccc23)C=C1. The van der Waals surface area contributed by atoms with Crippen molar-refractivity contribution in [2.75, 3.05) is 7.11 Å². The Morgan fingerprint density at radius 2 is 1.92 bits per heavy atom. The fraction of sp³-hybridized carbons (Fsp3) is 0.345. The number of carboxylic acid groups (broad SMARTS) is 1. The van der Waals surface area contributed by atoms with Gasteiger partial charge in [-0.2, -0.15) is 0 Å². The summed E-state index contributed by atoms with van der Waals surface area (Å²) in [6.07, 6.45) is 0.803. The lowest BCUT2D eigenvalue weighted by molar-refractivity contribution is -0.274. The molecule has 202 valence electrons. The van der Waals surface area contributed by atoms with Crippen molar-refractivity contribution in [3.8, 4) is 11.5 Å². The number of carboxylic acids is 1. The third kappa shape index (κ3) is 5.98. The van der Waals surface area contributed by atoms with Gasteiger partial charge in [-0.1, -0.05) is 32.1 Å². The second-order valence-electron chi connectivity index (χ2n) is 9.59. The van der Waals surface area contributed by atoms with Crippen LogP contribution >= 0.6 is 0 Å². The summed E-state index contributed by atoms with van der Waals surface area (Å²) in [5.41, 5.74) is 3.33. The van der Waals surface area contributed by atoms with Crippen LogP contribution < -0.4 is 9.47 Å². The maximum atomic E-state index is 13.0. The Labute approximate surface area is 218 Å². The molecule has 0 spiro atoms. The van der Waals surface area contributed by atoms with Crippen LogP contribution in [-0.2, 0) is 16.1 Å². The van der Waals surface area contributed by atoms with Gasteiger partial charge >= 0.3 is 12.3 Å². The van der Waals surface area contributed by atoms with Gasteiger partial charge in [-0.05, 0) is 60.9 Å².